The molecule has 0 fully saturated rings. The molecular weight excluding hydrogens is 575 g/mol. The van der Waals surface area contributed by atoms with E-state index in [1.165, 1.54) is 92.2 Å². The highest BCUT2D eigenvalue weighted by atomic mass is 32.1. The Morgan fingerprint density at radius 1 is 0.457 bits per heavy atom. The summed E-state index contributed by atoms with van der Waals surface area (Å²) in [6, 6.07) is 56.3. The summed E-state index contributed by atoms with van der Waals surface area (Å²) < 4.78 is 5.18. The van der Waals surface area contributed by atoms with E-state index >= 15 is 0 Å². The Kier molecular flexibility index (Phi) is 4.83. The van der Waals surface area contributed by atoms with Crippen molar-refractivity contribution in [2.45, 2.75) is 0 Å². The molecule has 0 unspecified atom stereocenters. The Morgan fingerprint density at radius 2 is 1.11 bits per heavy atom. The smallest absolute Gasteiger partial charge is 0.329 e. The molecule has 2 aliphatic rings. The molecule has 46 heavy (non-hydrogen) atoms. The lowest BCUT2D eigenvalue weighted by atomic mass is 9.43. The second-order valence-electron chi connectivity index (χ2n) is 12.5. The van der Waals surface area contributed by atoms with Crippen molar-refractivity contribution in [3.05, 3.63) is 152 Å². The molecule has 0 radical (unpaired) electrons. The third-order valence-electron chi connectivity index (χ3n) is 10.2. The highest BCUT2D eigenvalue weighted by molar-refractivity contribution is 7.26. The molecule has 2 aliphatic heterocycles. The first-order chi connectivity index (χ1) is 22.8. The van der Waals surface area contributed by atoms with Crippen molar-refractivity contribution in [3.8, 4) is 27.9 Å². The molecule has 7 aromatic carbocycles. The molecule has 0 bridgehead atoms. The minimum atomic E-state index is 0.0936. The zero-order chi connectivity index (χ0) is 29.9. The van der Waals surface area contributed by atoms with Crippen molar-refractivity contribution < 1.29 is 0 Å². The average molecular weight is 601 g/mol. The SMILES string of the molecule is c1ccc(-n2c3cc4c(cc3c3ccc5c6ccccc6sc5c32)-c2ccccc2B2c3ccccc3-c3ccccc3N24)cc1. The van der Waals surface area contributed by atoms with Crippen molar-refractivity contribution in [1.82, 2.24) is 4.57 Å². The molecule has 2 aromatic heterocycles. The van der Waals surface area contributed by atoms with Crippen LogP contribution in [0.3, 0.4) is 0 Å². The number of benzene rings is 7. The van der Waals surface area contributed by atoms with Crippen LogP contribution in [0.5, 0.6) is 0 Å². The van der Waals surface area contributed by atoms with Crippen LogP contribution in [0.1, 0.15) is 0 Å². The number of hydrogen-bond donors (Lipinski definition) is 0. The minimum Gasteiger partial charge on any atom is -0.376 e. The predicted octanol–water partition coefficient (Wildman–Crippen LogP) is 10.1. The number of anilines is 2. The van der Waals surface area contributed by atoms with Gasteiger partial charge in [0.05, 0.1) is 15.7 Å². The maximum atomic E-state index is 2.61. The summed E-state index contributed by atoms with van der Waals surface area (Å²) in [5.41, 5.74) is 14.2. The molecule has 11 rings (SSSR count). The number of para-hydroxylation sites is 2. The van der Waals surface area contributed by atoms with E-state index in [4.69, 9.17) is 0 Å². The summed E-state index contributed by atoms with van der Waals surface area (Å²) >= 11 is 1.91. The van der Waals surface area contributed by atoms with Crippen molar-refractivity contribution in [2.24, 2.45) is 0 Å². The first-order valence-electron chi connectivity index (χ1n) is 15.9. The summed E-state index contributed by atoms with van der Waals surface area (Å²) in [5, 5.41) is 5.24. The zero-order valence-electron chi connectivity index (χ0n) is 24.8. The van der Waals surface area contributed by atoms with Gasteiger partial charge in [-0.1, -0.05) is 115 Å². The van der Waals surface area contributed by atoms with E-state index in [1.807, 2.05) is 11.3 Å². The lowest BCUT2D eigenvalue weighted by molar-refractivity contribution is 1.19. The summed E-state index contributed by atoms with van der Waals surface area (Å²) in [5.74, 6) is 0. The third-order valence-corrected chi connectivity index (χ3v) is 11.4. The number of hydrogen-bond acceptors (Lipinski definition) is 2. The normalized spacial score (nSPS) is 13.1. The number of thiophene rings is 1. The van der Waals surface area contributed by atoms with Gasteiger partial charge in [0.15, 0.2) is 0 Å². The van der Waals surface area contributed by atoms with Crippen LogP contribution < -0.4 is 15.7 Å². The molecule has 0 atom stereocenters. The van der Waals surface area contributed by atoms with E-state index < -0.39 is 0 Å². The Bertz CT molecular complexity index is 2720. The quantitative estimate of drug-likeness (QED) is 0.170. The van der Waals surface area contributed by atoms with Crippen LogP contribution in [0.25, 0.3) is 69.9 Å². The van der Waals surface area contributed by atoms with Gasteiger partial charge in [0.25, 0.3) is 0 Å². The van der Waals surface area contributed by atoms with Gasteiger partial charge in [0.1, 0.15) is 0 Å². The highest BCUT2D eigenvalue weighted by Crippen LogP contribution is 2.50. The second-order valence-corrected chi connectivity index (χ2v) is 13.5. The molecule has 212 valence electrons. The lowest BCUT2D eigenvalue weighted by Gasteiger charge is -2.43. The highest BCUT2D eigenvalue weighted by Gasteiger charge is 2.42. The average Bonchev–Trinajstić information content (AvgIpc) is 3.66. The van der Waals surface area contributed by atoms with E-state index in [-0.39, 0.29) is 6.85 Å². The molecule has 4 heterocycles. The molecule has 0 N–H and O–H groups in total. The van der Waals surface area contributed by atoms with Crippen molar-refractivity contribution >= 4 is 82.5 Å². The molecule has 0 aliphatic carbocycles. The second kappa shape index (κ2) is 9.00. The number of fused-ring (bicyclic) bond motifs is 18. The maximum absolute atomic E-state index is 2.61. The van der Waals surface area contributed by atoms with E-state index in [2.05, 4.69) is 161 Å². The minimum absolute atomic E-state index is 0.0936. The fourth-order valence-corrected chi connectivity index (χ4v) is 9.54. The molecule has 0 saturated carbocycles. The zero-order valence-corrected chi connectivity index (χ0v) is 25.6. The molecule has 0 saturated heterocycles. The van der Waals surface area contributed by atoms with Crippen LogP contribution in [0, 0.1) is 0 Å². The number of nitrogens with zero attached hydrogens (tertiary/aromatic N) is 2. The molecule has 2 nitrogen and oxygen atoms in total. The largest absolute Gasteiger partial charge is 0.376 e. The monoisotopic (exact) mass is 600 g/mol. The van der Waals surface area contributed by atoms with Crippen LogP contribution in [0.15, 0.2) is 152 Å². The van der Waals surface area contributed by atoms with Gasteiger partial charge in [-0.05, 0) is 58.5 Å². The molecule has 0 spiro atoms. The van der Waals surface area contributed by atoms with Crippen LogP contribution in [0.2, 0.25) is 0 Å². The summed E-state index contributed by atoms with van der Waals surface area (Å²) in [4.78, 5) is 2.61. The van der Waals surface area contributed by atoms with E-state index in [9.17, 15) is 0 Å². The molecular formula is C42H25BN2S. The van der Waals surface area contributed by atoms with Gasteiger partial charge in [0, 0.05) is 54.4 Å². The van der Waals surface area contributed by atoms with Gasteiger partial charge in [-0.25, -0.2) is 0 Å². The fraction of sp³-hybridized carbons (Fsp3) is 0. The Hall–Kier alpha value is -5.58. The van der Waals surface area contributed by atoms with Crippen molar-refractivity contribution in [3.63, 3.8) is 0 Å². The number of rotatable bonds is 1. The summed E-state index contributed by atoms with van der Waals surface area (Å²) in [6.07, 6.45) is 0. The van der Waals surface area contributed by atoms with Crippen molar-refractivity contribution in [1.29, 1.82) is 0 Å². The van der Waals surface area contributed by atoms with Crippen LogP contribution in [0.4, 0.5) is 11.4 Å². The predicted molar refractivity (Wildman–Crippen MR) is 198 cm³/mol. The Labute approximate surface area is 270 Å². The first kappa shape index (κ1) is 24.7. The van der Waals surface area contributed by atoms with Gasteiger partial charge in [-0.15, -0.1) is 11.3 Å². The van der Waals surface area contributed by atoms with Crippen LogP contribution in [-0.4, -0.2) is 11.4 Å². The maximum Gasteiger partial charge on any atom is 0.329 e. The van der Waals surface area contributed by atoms with E-state index in [0.29, 0.717) is 0 Å². The fourth-order valence-electron chi connectivity index (χ4n) is 8.30. The molecule has 0 amide bonds. The Balaban J connectivity index is 1.32. The van der Waals surface area contributed by atoms with Crippen molar-refractivity contribution in [2.75, 3.05) is 4.81 Å². The van der Waals surface area contributed by atoms with Gasteiger partial charge < -0.3 is 9.38 Å². The Morgan fingerprint density at radius 3 is 1.93 bits per heavy atom. The third kappa shape index (κ3) is 3.12. The number of aromatic nitrogens is 1. The molecule has 9 aromatic rings. The van der Waals surface area contributed by atoms with Crippen LogP contribution in [-0.2, 0) is 0 Å². The topological polar surface area (TPSA) is 8.17 Å². The summed E-state index contributed by atoms with van der Waals surface area (Å²) in [7, 11) is 0. The lowest BCUT2D eigenvalue weighted by Crippen LogP contribution is -2.59. The summed E-state index contributed by atoms with van der Waals surface area (Å²) in [6.45, 7) is 0.0936. The van der Waals surface area contributed by atoms with Gasteiger partial charge >= 0.3 is 6.85 Å². The van der Waals surface area contributed by atoms with Gasteiger partial charge in [-0.2, -0.15) is 0 Å². The van der Waals surface area contributed by atoms with E-state index in [1.54, 1.807) is 0 Å². The first-order valence-corrected chi connectivity index (χ1v) is 16.7. The van der Waals surface area contributed by atoms with Crippen LogP contribution >= 0.6 is 11.3 Å². The van der Waals surface area contributed by atoms with E-state index in [0.717, 1.165) is 0 Å². The van der Waals surface area contributed by atoms with Gasteiger partial charge in [-0.3, -0.25) is 0 Å². The standard InChI is InChI=1S/C42H25BN2S/c1-2-12-26(13-3-1)44-38-25-39-33(24-34(38)31-22-23-32-30-17-7-11-21-40(30)46-42(32)41(31)44)28-15-5-9-19-36(28)43-35-18-8-4-14-27(35)29-16-6-10-20-37(29)45(39)43/h1-25H. The van der Waals surface area contributed by atoms with Gasteiger partial charge in [0.2, 0.25) is 0 Å². The molecule has 4 heteroatoms.